The van der Waals surface area contributed by atoms with Crippen LogP contribution in [-0.4, -0.2) is 10.4 Å². The normalized spacial score (nSPS) is 17.9. The quantitative estimate of drug-likeness (QED) is 0.533. The van der Waals surface area contributed by atoms with E-state index in [2.05, 4.69) is 10.6 Å². The number of urea groups is 1. The molecule has 2 amide bonds. The molecule has 1 fully saturated rings. The van der Waals surface area contributed by atoms with Crippen LogP contribution in [0.15, 0.2) is 66.7 Å². The Morgan fingerprint density at radius 2 is 1.48 bits per heavy atom. The Kier molecular flexibility index (Phi) is 4.06. The van der Waals surface area contributed by atoms with Gasteiger partial charge in [0.15, 0.2) is 0 Å². The zero-order valence-corrected chi connectivity index (χ0v) is 14.8. The van der Waals surface area contributed by atoms with Gasteiger partial charge in [0.25, 0.3) is 0 Å². The standard InChI is InChI=1S/C20H16Cl2N2O/c21-20(22)12-16(20)15-9-3-4-10-18(15)24-19(25)23-17-11-5-7-13-6-1-2-8-14(13)17/h1-11,16H,12H2,(H2,23,24,25). The monoisotopic (exact) mass is 370 g/mol. The van der Waals surface area contributed by atoms with Crippen molar-refractivity contribution in [3.05, 3.63) is 72.3 Å². The molecule has 1 atom stereocenters. The second-order valence-electron chi connectivity index (χ2n) is 6.21. The predicted molar refractivity (Wildman–Crippen MR) is 105 cm³/mol. The molecule has 4 rings (SSSR count). The third kappa shape index (κ3) is 3.30. The van der Waals surface area contributed by atoms with Gasteiger partial charge >= 0.3 is 6.03 Å². The van der Waals surface area contributed by atoms with Crippen LogP contribution in [0.25, 0.3) is 10.8 Å². The number of hydrogen-bond donors (Lipinski definition) is 2. The summed E-state index contributed by atoms with van der Waals surface area (Å²) in [5.41, 5.74) is 2.46. The molecule has 3 aromatic rings. The third-order valence-corrected chi connectivity index (χ3v) is 5.28. The molecule has 0 saturated heterocycles. The lowest BCUT2D eigenvalue weighted by molar-refractivity contribution is 0.262. The second-order valence-corrected chi connectivity index (χ2v) is 7.75. The van der Waals surface area contributed by atoms with Gasteiger partial charge in [-0.3, -0.25) is 0 Å². The summed E-state index contributed by atoms with van der Waals surface area (Å²) in [7, 11) is 0. The molecule has 0 spiro atoms. The summed E-state index contributed by atoms with van der Waals surface area (Å²) in [6.45, 7) is 0. The molecule has 25 heavy (non-hydrogen) atoms. The van der Waals surface area contributed by atoms with Crippen molar-refractivity contribution in [1.82, 2.24) is 0 Å². The first kappa shape index (κ1) is 16.2. The smallest absolute Gasteiger partial charge is 0.307 e. The number of carbonyl (C=O) groups excluding carboxylic acids is 1. The molecule has 0 radical (unpaired) electrons. The predicted octanol–water partition coefficient (Wildman–Crippen LogP) is 6.15. The first-order valence-electron chi connectivity index (χ1n) is 8.07. The van der Waals surface area contributed by atoms with Gasteiger partial charge < -0.3 is 10.6 Å². The van der Waals surface area contributed by atoms with E-state index in [-0.39, 0.29) is 11.9 Å². The Morgan fingerprint density at radius 3 is 2.28 bits per heavy atom. The molecule has 0 heterocycles. The van der Waals surface area contributed by atoms with E-state index in [9.17, 15) is 4.79 Å². The van der Waals surface area contributed by atoms with Crippen molar-refractivity contribution in [2.24, 2.45) is 0 Å². The van der Waals surface area contributed by atoms with E-state index in [0.717, 1.165) is 27.7 Å². The summed E-state index contributed by atoms with van der Waals surface area (Å²) >= 11 is 12.4. The topological polar surface area (TPSA) is 41.1 Å². The van der Waals surface area contributed by atoms with Crippen LogP contribution in [0.4, 0.5) is 16.2 Å². The Labute approximate surface area is 155 Å². The minimum absolute atomic E-state index is 0.0462. The fourth-order valence-corrected chi connectivity index (χ4v) is 3.62. The largest absolute Gasteiger partial charge is 0.323 e. The van der Waals surface area contributed by atoms with E-state index >= 15 is 0 Å². The van der Waals surface area contributed by atoms with Crippen molar-refractivity contribution in [3.63, 3.8) is 0 Å². The van der Waals surface area contributed by atoms with E-state index in [4.69, 9.17) is 23.2 Å². The highest BCUT2D eigenvalue weighted by molar-refractivity contribution is 6.51. The molecule has 1 unspecified atom stereocenters. The molecule has 126 valence electrons. The number of fused-ring (bicyclic) bond motifs is 1. The Balaban J connectivity index is 1.55. The van der Waals surface area contributed by atoms with Crippen molar-refractivity contribution in [2.75, 3.05) is 10.6 Å². The lowest BCUT2D eigenvalue weighted by Gasteiger charge is -2.13. The molecule has 1 saturated carbocycles. The lowest BCUT2D eigenvalue weighted by Crippen LogP contribution is -2.20. The van der Waals surface area contributed by atoms with Gasteiger partial charge in [-0.05, 0) is 29.5 Å². The number of halogens is 2. The zero-order valence-electron chi connectivity index (χ0n) is 13.3. The average Bonchev–Trinajstić information content (AvgIpc) is 3.24. The van der Waals surface area contributed by atoms with Crippen LogP contribution in [-0.2, 0) is 0 Å². The van der Waals surface area contributed by atoms with Crippen LogP contribution < -0.4 is 10.6 Å². The van der Waals surface area contributed by atoms with Gasteiger partial charge in [0.05, 0.1) is 5.69 Å². The Hall–Kier alpha value is -2.23. The molecule has 1 aliphatic carbocycles. The summed E-state index contributed by atoms with van der Waals surface area (Å²) < 4.78 is -0.732. The van der Waals surface area contributed by atoms with Gasteiger partial charge in [-0.2, -0.15) is 0 Å². The van der Waals surface area contributed by atoms with E-state index in [1.54, 1.807) is 0 Å². The van der Waals surface area contributed by atoms with Gasteiger partial charge in [0.1, 0.15) is 4.33 Å². The molecule has 5 heteroatoms. The van der Waals surface area contributed by atoms with Crippen LogP contribution in [0.5, 0.6) is 0 Å². The number of anilines is 2. The molecular formula is C20H16Cl2N2O. The molecule has 3 aromatic carbocycles. The number of alkyl halides is 2. The first-order chi connectivity index (χ1) is 12.0. The number of hydrogen-bond acceptors (Lipinski definition) is 1. The van der Waals surface area contributed by atoms with E-state index in [1.807, 2.05) is 66.7 Å². The molecular weight excluding hydrogens is 355 g/mol. The van der Waals surface area contributed by atoms with Crippen molar-refractivity contribution < 1.29 is 4.79 Å². The fraction of sp³-hybridized carbons (Fsp3) is 0.150. The highest BCUT2D eigenvalue weighted by Gasteiger charge is 2.53. The Morgan fingerprint density at radius 1 is 0.880 bits per heavy atom. The van der Waals surface area contributed by atoms with Crippen LogP contribution in [0.2, 0.25) is 0 Å². The summed E-state index contributed by atoms with van der Waals surface area (Å²) in [6.07, 6.45) is 0.694. The maximum atomic E-state index is 12.5. The average molecular weight is 371 g/mol. The second kappa shape index (κ2) is 6.25. The first-order valence-corrected chi connectivity index (χ1v) is 8.83. The van der Waals surface area contributed by atoms with E-state index in [1.165, 1.54) is 0 Å². The Bertz CT molecular complexity index is 950. The molecule has 3 nitrogen and oxygen atoms in total. The van der Waals surface area contributed by atoms with Gasteiger partial charge in [-0.25, -0.2) is 4.79 Å². The SMILES string of the molecule is O=C(Nc1ccccc1C1CC1(Cl)Cl)Nc1cccc2ccccc12. The minimum Gasteiger partial charge on any atom is -0.307 e. The van der Waals surface area contributed by atoms with Crippen LogP contribution in [0, 0.1) is 0 Å². The third-order valence-electron chi connectivity index (χ3n) is 4.45. The maximum absolute atomic E-state index is 12.5. The van der Waals surface area contributed by atoms with E-state index < -0.39 is 4.33 Å². The summed E-state index contributed by atoms with van der Waals surface area (Å²) in [5.74, 6) is 0.0462. The van der Waals surface area contributed by atoms with Crippen LogP contribution in [0.3, 0.4) is 0 Å². The minimum atomic E-state index is -0.732. The zero-order chi connectivity index (χ0) is 17.4. The molecule has 0 bridgehead atoms. The summed E-state index contributed by atoms with van der Waals surface area (Å²) in [5, 5.41) is 7.91. The van der Waals surface area contributed by atoms with Crippen LogP contribution >= 0.6 is 23.2 Å². The number of rotatable bonds is 3. The number of amides is 2. The van der Waals surface area contributed by atoms with Gasteiger partial charge in [0, 0.05) is 17.0 Å². The maximum Gasteiger partial charge on any atom is 0.323 e. The van der Waals surface area contributed by atoms with E-state index in [0.29, 0.717) is 6.42 Å². The molecule has 1 aliphatic rings. The fourth-order valence-electron chi connectivity index (χ4n) is 3.08. The summed E-state index contributed by atoms with van der Waals surface area (Å²) in [4.78, 5) is 12.5. The molecule has 2 N–H and O–H groups in total. The summed E-state index contributed by atoms with van der Waals surface area (Å²) in [6, 6.07) is 21.1. The van der Waals surface area contributed by atoms with Crippen molar-refractivity contribution in [2.45, 2.75) is 16.7 Å². The van der Waals surface area contributed by atoms with Gasteiger partial charge in [-0.15, -0.1) is 23.2 Å². The molecule has 0 aromatic heterocycles. The number of carbonyl (C=O) groups is 1. The van der Waals surface area contributed by atoms with Crippen molar-refractivity contribution in [1.29, 1.82) is 0 Å². The number of benzene rings is 3. The van der Waals surface area contributed by atoms with Crippen LogP contribution in [0.1, 0.15) is 17.9 Å². The number of nitrogens with one attached hydrogen (secondary N) is 2. The lowest BCUT2D eigenvalue weighted by atomic mass is 10.1. The van der Waals surface area contributed by atoms with Gasteiger partial charge in [0.2, 0.25) is 0 Å². The number of para-hydroxylation sites is 1. The highest BCUT2D eigenvalue weighted by Crippen LogP contribution is 2.60. The van der Waals surface area contributed by atoms with Crippen molar-refractivity contribution >= 4 is 51.4 Å². The van der Waals surface area contributed by atoms with Crippen molar-refractivity contribution in [3.8, 4) is 0 Å². The molecule has 0 aliphatic heterocycles. The highest BCUT2D eigenvalue weighted by atomic mass is 35.5. The van der Waals surface area contributed by atoms with Gasteiger partial charge in [-0.1, -0.05) is 54.6 Å².